The summed E-state index contributed by atoms with van der Waals surface area (Å²) in [5, 5.41) is 0. The lowest BCUT2D eigenvalue weighted by atomic mass is 9.92. The summed E-state index contributed by atoms with van der Waals surface area (Å²) in [6.45, 7) is 3.80. The predicted molar refractivity (Wildman–Crippen MR) is 77.5 cm³/mol. The van der Waals surface area contributed by atoms with Crippen LogP contribution >= 0.6 is 0 Å². The molecule has 2 aliphatic rings. The molecule has 0 unspecified atom stereocenters. The Kier molecular flexibility index (Phi) is 4.71. The van der Waals surface area contributed by atoms with Crippen molar-refractivity contribution in [3.63, 3.8) is 0 Å². The third-order valence-electron chi connectivity index (χ3n) is 4.43. The zero-order valence-electron chi connectivity index (χ0n) is 12.3. The first kappa shape index (κ1) is 15.7. The van der Waals surface area contributed by atoms with E-state index in [-0.39, 0.29) is 11.9 Å². The van der Waals surface area contributed by atoms with Gasteiger partial charge in [0.2, 0.25) is 15.9 Å². The Morgan fingerprint density at radius 1 is 1.25 bits per heavy atom. The Labute approximate surface area is 121 Å². The SMILES string of the molecule is C[C@H](N)[C@@H]1CCCN(C(=O)[C@H]2CCCN2S(C)(=O)=O)C1. The monoisotopic (exact) mass is 303 g/mol. The van der Waals surface area contributed by atoms with E-state index in [1.165, 1.54) is 10.6 Å². The molecule has 0 radical (unpaired) electrons. The Morgan fingerprint density at radius 2 is 1.90 bits per heavy atom. The lowest BCUT2D eigenvalue weighted by Crippen LogP contribution is -2.52. The number of sulfonamides is 1. The third-order valence-corrected chi connectivity index (χ3v) is 5.72. The molecule has 2 fully saturated rings. The molecule has 0 aliphatic carbocycles. The van der Waals surface area contributed by atoms with Crippen LogP contribution in [0.4, 0.5) is 0 Å². The summed E-state index contributed by atoms with van der Waals surface area (Å²) >= 11 is 0. The normalized spacial score (nSPS) is 30.4. The minimum absolute atomic E-state index is 0.0433. The fourth-order valence-corrected chi connectivity index (χ4v) is 4.35. The summed E-state index contributed by atoms with van der Waals surface area (Å²) < 4.78 is 24.8. The second-order valence-electron chi connectivity index (χ2n) is 6.08. The van der Waals surface area contributed by atoms with Gasteiger partial charge in [-0.2, -0.15) is 4.31 Å². The number of carbonyl (C=O) groups excluding carboxylic acids is 1. The van der Waals surface area contributed by atoms with Gasteiger partial charge in [0.1, 0.15) is 6.04 Å². The van der Waals surface area contributed by atoms with Crippen molar-refractivity contribution in [3.05, 3.63) is 0 Å². The van der Waals surface area contributed by atoms with Crippen molar-refractivity contribution in [2.45, 2.75) is 44.7 Å². The predicted octanol–water partition coefficient (Wildman–Crippen LogP) is -0.00380. The maximum atomic E-state index is 12.6. The van der Waals surface area contributed by atoms with Crippen molar-refractivity contribution in [2.75, 3.05) is 25.9 Å². The zero-order chi connectivity index (χ0) is 14.9. The summed E-state index contributed by atoms with van der Waals surface area (Å²) in [5.41, 5.74) is 5.94. The molecule has 2 heterocycles. The van der Waals surface area contributed by atoms with Gasteiger partial charge in [-0.05, 0) is 38.5 Å². The molecule has 3 atom stereocenters. The average Bonchev–Trinajstić information content (AvgIpc) is 2.87. The molecule has 0 aromatic carbocycles. The summed E-state index contributed by atoms with van der Waals surface area (Å²) in [6, 6.07) is -0.433. The van der Waals surface area contributed by atoms with E-state index in [1.807, 2.05) is 11.8 Å². The maximum absolute atomic E-state index is 12.6. The van der Waals surface area contributed by atoms with Gasteiger partial charge in [0.15, 0.2) is 0 Å². The first-order valence-corrected chi connectivity index (χ1v) is 9.16. The van der Waals surface area contributed by atoms with Crippen molar-refractivity contribution in [2.24, 2.45) is 11.7 Å². The molecule has 20 heavy (non-hydrogen) atoms. The Hall–Kier alpha value is -0.660. The van der Waals surface area contributed by atoms with Gasteiger partial charge in [0, 0.05) is 25.7 Å². The van der Waals surface area contributed by atoms with Gasteiger partial charge in [-0.1, -0.05) is 0 Å². The second kappa shape index (κ2) is 5.99. The van der Waals surface area contributed by atoms with Crippen LogP contribution in [0.2, 0.25) is 0 Å². The highest BCUT2D eigenvalue weighted by molar-refractivity contribution is 7.88. The molecular formula is C13H25N3O3S. The van der Waals surface area contributed by atoms with E-state index in [0.29, 0.717) is 25.4 Å². The number of hydrogen-bond acceptors (Lipinski definition) is 4. The topological polar surface area (TPSA) is 83.7 Å². The minimum atomic E-state index is -3.30. The lowest BCUT2D eigenvalue weighted by molar-refractivity contribution is -0.136. The number of likely N-dealkylation sites (tertiary alicyclic amines) is 1. The van der Waals surface area contributed by atoms with E-state index in [9.17, 15) is 13.2 Å². The fraction of sp³-hybridized carbons (Fsp3) is 0.923. The van der Waals surface area contributed by atoms with Crippen LogP contribution in [0.5, 0.6) is 0 Å². The Bertz CT molecular complexity index is 463. The van der Waals surface area contributed by atoms with Gasteiger partial charge in [0.05, 0.1) is 6.26 Å². The molecule has 0 aromatic heterocycles. The average molecular weight is 303 g/mol. The van der Waals surface area contributed by atoms with Crippen LogP contribution in [0.15, 0.2) is 0 Å². The molecule has 0 bridgehead atoms. The van der Waals surface area contributed by atoms with E-state index in [1.54, 1.807) is 0 Å². The molecule has 0 aromatic rings. The van der Waals surface area contributed by atoms with E-state index in [0.717, 1.165) is 25.8 Å². The van der Waals surface area contributed by atoms with Gasteiger partial charge in [-0.3, -0.25) is 4.79 Å². The number of hydrogen-bond donors (Lipinski definition) is 1. The molecule has 7 heteroatoms. The van der Waals surface area contributed by atoms with E-state index < -0.39 is 16.1 Å². The molecule has 6 nitrogen and oxygen atoms in total. The molecule has 1 amide bonds. The lowest BCUT2D eigenvalue weighted by Gasteiger charge is -2.37. The number of rotatable bonds is 3. The Balaban J connectivity index is 2.07. The van der Waals surface area contributed by atoms with Gasteiger partial charge in [-0.15, -0.1) is 0 Å². The number of nitrogens with zero attached hydrogens (tertiary/aromatic N) is 2. The van der Waals surface area contributed by atoms with Gasteiger partial charge in [-0.25, -0.2) is 8.42 Å². The molecule has 2 aliphatic heterocycles. The van der Waals surface area contributed by atoms with Crippen molar-refractivity contribution in [3.8, 4) is 0 Å². The van der Waals surface area contributed by atoms with Crippen LogP contribution in [-0.2, 0) is 14.8 Å². The summed E-state index contributed by atoms with van der Waals surface area (Å²) in [4.78, 5) is 14.4. The maximum Gasteiger partial charge on any atom is 0.241 e. The van der Waals surface area contributed by atoms with E-state index in [2.05, 4.69) is 0 Å². The fourth-order valence-electron chi connectivity index (χ4n) is 3.23. The van der Waals surface area contributed by atoms with Gasteiger partial charge in [0.25, 0.3) is 0 Å². The van der Waals surface area contributed by atoms with Crippen molar-refractivity contribution < 1.29 is 13.2 Å². The van der Waals surface area contributed by atoms with Gasteiger partial charge < -0.3 is 10.6 Å². The van der Waals surface area contributed by atoms with Crippen LogP contribution < -0.4 is 5.73 Å². The highest BCUT2D eigenvalue weighted by atomic mass is 32.2. The van der Waals surface area contributed by atoms with Crippen molar-refractivity contribution in [1.82, 2.24) is 9.21 Å². The van der Waals surface area contributed by atoms with Crippen LogP contribution in [0.1, 0.15) is 32.6 Å². The van der Waals surface area contributed by atoms with Crippen LogP contribution in [-0.4, -0.2) is 61.5 Å². The molecule has 116 valence electrons. The summed E-state index contributed by atoms with van der Waals surface area (Å²) in [5.74, 6) is 0.277. The van der Waals surface area contributed by atoms with Gasteiger partial charge >= 0.3 is 0 Å². The van der Waals surface area contributed by atoms with Crippen molar-refractivity contribution in [1.29, 1.82) is 0 Å². The molecule has 2 rings (SSSR count). The van der Waals surface area contributed by atoms with Crippen LogP contribution in [0.25, 0.3) is 0 Å². The smallest absolute Gasteiger partial charge is 0.241 e. The molecule has 0 spiro atoms. The first-order chi connectivity index (χ1) is 9.30. The Morgan fingerprint density at radius 3 is 2.50 bits per heavy atom. The van der Waals surface area contributed by atoms with Crippen LogP contribution in [0.3, 0.4) is 0 Å². The summed E-state index contributed by atoms with van der Waals surface area (Å²) in [6.07, 6.45) is 4.56. The molecule has 0 saturated carbocycles. The number of carbonyl (C=O) groups is 1. The number of nitrogens with two attached hydrogens (primary N) is 1. The first-order valence-electron chi connectivity index (χ1n) is 7.32. The quantitative estimate of drug-likeness (QED) is 0.795. The van der Waals surface area contributed by atoms with E-state index >= 15 is 0 Å². The van der Waals surface area contributed by atoms with Crippen molar-refractivity contribution >= 4 is 15.9 Å². The van der Waals surface area contributed by atoms with E-state index in [4.69, 9.17) is 5.73 Å². The summed E-state index contributed by atoms with van der Waals surface area (Å²) in [7, 11) is -3.30. The zero-order valence-corrected chi connectivity index (χ0v) is 13.1. The highest BCUT2D eigenvalue weighted by Gasteiger charge is 2.39. The highest BCUT2D eigenvalue weighted by Crippen LogP contribution is 2.25. The third kappa shape index (κ3) is 3.32. The van der Waals surface area contributed by atoms with Crippen LogP contribution in [0, 0.1) is 5.92 Å². The minimum Gasteiger partial charge on any atom is -0.341 e. The molecule has 2 N–H and O–H groups in total. The standard InChI is InChI=1S/C13H25N3O3S/c1-10(14)11-5-3-7-15(9-11)13(17)12-6-4-8-16(12)20(2,18)19/h10-12H,3-9,14H2,1-2H3/t10-,11+,12+/m0/s1. The number of piperidine rings is 1. The second-order valence-corrected chi connectivity index (χ2v) is 8.01. The largest absolute Gasteiger partial charge is 0.341 e. The molecule has 2 saturated heterocycles. The molecular weight excluding hydrogens is 278 g/mol. The number of amides is 1.